The van der Waals surface area contributed by atoms with E-state index in [0.717, 1.165) is 107 Å². The maximum absolute atomic E-state index is 13.1. The monoisotopic (exact) mass is 579 g/mol. The molecule has 5 rings (SSSR count). The zero-order valence-corrected chi connectivity index (χ0v) is 26.2. The molecule has 1 amide bonds. The van der Waals surface area contributed by atoms with Gasteiger partial charge in [-0.3, -0.25) is 14.6 Å². The number of ether oxygens (including phenoxy) is 3. The molecule has 0 bridgehead atoms. The fourth-order valence-electron chi connectivity index (χ4n) is 7.06. The number of carbonyl (C=O) groups excluding carboxylic acids is 1. The lowest BCUT2D eigenvalue weighted by Gasteiger charge is -2.52. The number of amides is 1. The number of piperidine rings is 1. The standard InChI is InChI=1S/C33H49N5O4/c1-6-37(7-2)32(39)25-8-11-33(4,12-9-25)31-27-21-30(42-19-16-36-14-17-41-18-15-36)29(40-5)20-26(27)10-13-38(31)22-28-24(3)34-23-35-28/h8-9,11,20,23,27,31H,6-7,10,12-19,21-22H2,1-5H3,(H,34,35). The zero-order chi connectivity index (χ0) is 29.7. The van der Waals surface area contributed by atoms with Crippen LogP contribution in [0, 0.1) is 18.3 Å². The number of methoxy groups -OCH3 is 1. The normalized spacial score (nSPS) is 26.9. The van der Waals surface area contributed by atoms with Crippen LogP contribution in [0.2, 0.25) is 0 Å². The number of hydrogen-bond acceptors (Lipinski definition) is 7. The van der Waals surface area contributed by atoms with Gasteiger partial charge in [0, 0.05) is 80.9 Å². The molecule has 2 fully saturated rings. The Bertz CT molecular complexity index is 1220. The van der Waals surface area contributed by atoms with Gasteiger partial charge in [-0.15, -0.1) is 0 Å². The van der Waals surface area contributed by atoms with E-state index in [1.807, 2.05) is 18.7 Å². The van der Waals surface area contributed by atoms with E-state index in [9.17, 15) is 4.79 Å². The van der Waals surface area contributed by atoms with Gasteiger partial charge in [0.25, 0.3) is 5.91 Å². The van der Waals surface area contributed by atoms with Crippen molar-refractivity contribution in [2.45, 2.75) is 59.5 Å². The van der Waals surface area contributed by atoms with Crippen molar-refractivity contribution < 1.29 is 19.0 Å². The van der Waals surface area contributed by atoms with E-state index in [-0.39, 0.29) is 23.3 Å². The van der Waals surface area contributed by atoms with Gasteiger partial charge in [0.05, 0.1) is 32.3 Å². The summed E-state index contributed by atoms with van der Waals surface area (Å²) in [6, 6.07) is 0.211. The maximum atomic E-state index is 13.1. The Kier molecular flexibility index (Phi) is 9.91. The minimum absolute atomic E-state index is 0.118. The van der Waals surface area contributed by atoms with Crippen LogP contribution in [-0.2, 0) is 25.5 Å². The molecule has 3 atom stereocenters. The van der Waals surface area contributed by atoms with Crippen molar-refractivity contribution in [2.24, 2.45) is 11.3 Å². The third-order valence-electron chi connectivity index (χ3n) is 9.61. The number of aryl methyl sites for hydroxylation is 1. The lowest BCUT2D eigenvalue weighted by atomic mass is 9.64. The number of likely N-dealkylation sites (N-methyl/N-ethyl adjacent to an activating group) is 1. The number of H-pyrrole nitrogens is 1. The van der Waals surface area contributed by atoms with Crippen molar-refractivity contribution in [1.29, 1.82) is 0 Å². The van der Waals surface area contributed by atoms with E-state index >= 15 is 0 Å². The first-order valence-electron chi connectivity index (χ1n) is 15.7. The van der Waals surface area contributed by atoms with Crippen molar-refractivity contribution >= 4 is 5.91 Å². The van der Waals surface area contributed by atoms with E-state index in [1.165, 1.54) is 5.57 Å². The molecule has 0 spiro atoms. The predicted molar refractivity (Wildman–Crippen MR) is 163 cm³/mol. The number of carbonyl (C=O) groups is 1. The van der Waals surface area contributed by atoms with Gasteiger partial charge in [0.15, 0.2) is 5.76 Å². The molecule has 0 aromatic carbocycles. The van der Waals surface area contributed by atoms with Crippen LogP contribution in [0.15, 0.2) is 53.3 Å². The molecular formula is C33H49N5O4. The summed E-state index contributed by atoms with van der Waals surface area (Å²) in [6.07, 6.45) is 13.2. The Labute approximate surface area is 251 Å². The summed E-state index contributed by atoms with van der Waals surface area (Å²) in [6.45, 7) is 16.7. The van der Waals surface area contributed by atoms with Crippen molar-refractivity contribution in [3.05, 3.63) is 64.7 Å². The quantitative estimate of drug-likeness (QED) is 0.421. The fourth-order valence-corrected chi connectivity index (χ4v) is 7.06. The highest BCUT2D eigenvalue weighted by atomic mass is 16.5. The lowest BCUT2D eigenvalue weighted by Crippen LogP contribution is -2.54. The first-order chi connectivity index (χ1) is 20.4. The topological polar surface area (TPSA) is 83.2 Å². The molecule has 1 aromatic heterocycles. The number of nitrogens with zero attached hydrogens (tertiary/aromatic N) is 4. The Morgan fingerprint density at radius 1 is 1.24 bits per heavy atom. The molecule has 2 aliphatic heterocycles. The van der Waals surface area contributed by atoms with E-state index in [1.54, 1.807) is 13.4 Å². The number of rotatable bonds is 11. The average Bonchev–Trinajstić information content (AvgIpc) is 3.41. The molecule has 2 aliphatic carbocycles. The predicted octanol–water partition coefficient (Wildman–Crippen LogP) is 4.21. The Hall–Kier alpha value is -2.88. The summed E-state index contributed by atoms with van der Waals surface area (Å²) < 4.78 is 17.8. The van der Waals surface area contributed by atoms with Crippen molar-refractivity contribution in [1.82, 2.24) is 24.7 Å². The van der Waals surface area contributed by atoms with Crippen LogP contribution in [0.5, 0.6) is 0 Å². The van der Waals surface area contributed by atoms with E-state index < -0.39 is 0 Å². The molecule has 2 saturated heterocycles. The number of aromatic nitrogens is 2. The smallest absolute Gasteiger partial charge is 0.253 e. The SMILES string of the molecule is CCN(CC)C(=O)C1=CCC(C)(C2C3CC(OCCN4CCOCC4)=C(OC)C=C3CCN2Cc2nc[nH]c2C)C=C1. The van der Waals surface area contributed by atoms with Gasteiger partial charge in [0.2, 0.25) is 0 Å². The highest BCUT2D eigenvalue weighted by molar-refractivity contribution is 5.96. The number of aromatic amines is 1. The van der Waals surface area contributed by atoms with Gasteiger partial charge in [-0.2, -0.15) is 0 Å². The largest absolute Gasteiger partial charge is 0.493 e. The second kappa shape index (κ2) is 13.6. The molecule has 1 N–H and O–H groups in total. The van der Waals surface area contributed by atoms with E-state index in [4.69, 9.17) is 14.2 Å². The Morgan fingerprint density at radius 2 is 2.02 bits per heavy atom. The van der Waals surface area contributed by atoms with Crippen LogP contribution in [0.25, 0.3) is 0 Å². The minimum Gasteiger partial charge on any atom is -0.493 e. The molecule has 1 aromatic rings. The third-order valence-corrected chi connectivity index (χ3v) is 9.61. The Balaban J connectivity index is 1.39. The van der Waals surface area contributed by atoms with Crippen LogP contribution in [0.3, 0.4) is 0 Å². The molecule has 0 radical (unpaired) electrons. The summed E-state index contributed by atoms with van der Waals surface area (Å²) >= 11 is 0. The van der Waals surface area contributed by atoms with Crippen molar-refractivity contribution in [2.75, 3.05) is 66.2 Å². The van der Waals surface area contributed by atoms with Gasteiger partial charge in [-0.05, 0) is 39.7 Å². The maximum Gasteiger partial charge on any atom is 0.253 e. The van der Waals surface area contributed by atoms with E-state index in [2.05, 4.69) is 57.9 Å². The highest BCUT2D eigenvalue weighted by Gasteiger charge is 2.47. The van der Waals surface area contributed by atoms with Crippen molar-refractivity contribution in [3.8, 4) is 0 Å². The van der Waals surface area contributed by atoms with Gasteiger partial charge in [-0.1, -0.05) is 30.7 Å². The number of fused-ring (bicyclic) bond motifs is 1. The molecule has 42 heavy (non-hydrogen) atoms. The Morgan fingerprint density at radius 3 is 2.67 bits per heavy atom. The van der Waals surface area contributed by atoms with Crippen LogP contribution in [-0.4, -0.2) is 103 Å². The molecular weight excluding hydrogens is 530 g/mol. The van der Waals surface area contributed by atoms with Crippen LogP contribution in [0.1, 0.15) is 51.4 Å². The highest BCUT2D eigenvalue weighted by Crippen LogP contribution is 2.49. The van der Waals surface area contributed by atoms with Gasteiger partial charge < -0.3 is 24.1 Å². The van der Waals surface area contributed by atoms with Gasteiger partial charge in [-0.25, -0.2) is 4.98 Å². The van der Waals surface area contributed by atoms with Gasteiger partial charge in [0.1, 0.15) is 12.4 Å². The molecule has 9 heteroatoms. The summed E-state index contributed by atoms with van der Waals surface area (Å²) in [4.78, 5) is 28.0. The molecule has 3 heterocycles. The van der Waals surface area contributed by atoms with Crippen LogP contribution >= 0.6 is 0 Å². The summed E-state index contributed by atoms with van der Waals surface area (Å²) in [5, 5.41) is 0. The number of allylic oxidation sites excluding steroid dienone is 3. The van der Waals surface area contributed by atoms with Crippen LogP contribution in [0.4, 0.5) is 0 Å². The number of likely N-dealkylation sites (tertiary alicyclic amines) is 1. The summed E-state index contributed by atoms with van der Waals surface area (Å²) in [5.74, 6) is 2.19. The summed E-state index contributed by atoms with van der Waals surface area (Å²) in [5.41, 5.74) is 4.27. The van der Waals surface area contributed by atoms with Gasteiger partial charge >= 0.3 is 0 Å². The van der Waals surface area contributed by atoms with E-state index in [0.29, 0.717) is 6.61 Å². The second-order valence-electron chi connectivity index (χ2n) is 12.1. The minimum atomic E-state index is -0.162. The van der Waals surface area contributed by atoms with Crippen molar-refractivity contribution in [3.63, 3.8) is 0 Å². The number of morpholine rings is 1. The number of nitrogens with one attached hydrogen (secondary N) is 1. The molecule has 4 aliphatic rings. The first kappa shape index (κ1) is 30.6. The fraction of sp³-hybridized carbons (Fsp3) is 0.636. The summed E-state index contributed by atoms with van der Waals surface area (Å²) in [7, 11) is 1.75. The first-order valence-corrected chi connectivity index (χ1v) is 15.7. The number of hydrogen-bond donors (Lipinski definition) is 1. The second-order valence-corrected chi connectivity index (χ2v) is 12.1. The average molecular weight is 580 g/mol. The third kappa shape index (κ3) is 6.53. The molecule has 0 saturated carbocycles. The zero-order valence-electron chi connectivity index (χ0n) is 26.2. The molecule has 9 nitrogen and oxygen atoms in total. The van der Waals surface area contributed by atoms with Crippen LogP contribution < -0.4 is 0 Å². The lowest BCUT2D eigenvalue weighted by molar-refractivity contribution is -0.126. The number of imidazole rings is 1. The molecule has 3 unspecified atom stereocenters. The molecule has 230 valence electrons.